The average Bonchev–Trinajstić information content (AvgIpc) is 1.54. The number of hydrogen-bond donors (Lipinski definition) is 26. The lowest BCUT2D eigenvalue weighted by Gasteiger charge is -2.28. The molecule has 0 spiro atoms. The van der Waals surface area contributed by atoms with Crippen molar-refractivity contribution in [2.45, 2.75) is 155 Å². The number of ether oxygens (including phenoxy) is 6. The molecule has 0 radical (unpaired) electrons. The first-order valence-electron chi connectivity index (χ1n) is 38.0. The number of nitrogen functional groups attached to an aromatic ring is 12. The predicted octanol–water partition coefficient (Wildman–Crippen LogP) is -9.09. The minimum Gasteiger partial charge on any atom is -0.394 e. The molecule has 0 saturated carbocycles. The van der Waals surface area contributed by atoms with E-state index in [1.165, 1.54) is 79.2 Å². The Labute approximate surface area is 719 Å². The van der Waals surface area contributed by atoms with Crippen molar-refractivity contribution in [1.29, 1.82) is 10.5 Å². The number of anilines is 12. The normalized spacial score (nSPS) is 30.3. The van der Waals surface area contributed by atoms with E-state index in [1.54, 1.807) is 6.92 Å². The van der Waals surface area contributed by atoms with Crippen LogP contribution in [0.25, 0.3) is 87.9 Å². The van der Waals surface area contributed by atoms with Crippen LogP contribution >= 0.6 is 0 Å². The van der Waals surface area contributed by atoms with Gasteiger partial charge in [-0.2, -0.15) is 70.3 Å². The summed E-state index contributed by atoms with van der Waals surface area (Å²) in [6.45, 7) is 2.30. The van der Waals surface area contributed by atoms with Crippen molar-refractivity contribution in [2.24, 2.45) is 33.0 Å². The third kappa shape index (κ3) is 16.7. The quantitative estimate of drug-likeness (QED) is 0.0273. The first-order valence-corrected chi connectivity index (χ1v) is 38.0. The minimum absolute atomic E-state index is 0.00210. The van der Waals surface area contributed by atoms with Gasteiger partial charge in [-0.3, -0.25) is 27.4 Å². The first kappa shape index (κ1) is 92.4. The number of imidazole rings is 6. The smallest absolute Gasteiger partial charge is 0.224 e. The number of nitrogens with two attached hydrogens (primary N) is 14. The summed E-state index contributed by atoms with van der Waals surface area (Å²) in [7, 11) is 0. The van der Waals surface area contributed by atoms with Crippen LogP contribution in [0.5, 0.6) is 0 Å². The Balaban J connectivity index is 0.000000132. The van der Waals surface area contributed by atoms with Crippen LogP contribution in [0.2, 0.25) is 0 Å². The lowest BCUT2D eigenvalue weighted by atomic mass is 9.84. The molecule has 18 heterocycles. The van der Waals surface area contributed by atoms with Gasteiger partial charge in [0.2, 0.25) is 35.7 Å². The van der Waals surface area contributed by atoms with E-state index < -0.39 is 172 Å². The van der Waals surface area contributed by atoms with Crippen molar-refractivity contribution in [3.05, 3.63) is 58.8 Å². The van der Waals surface area contributed by atoms with E-state index in [4.69, 9.17) is 125 Å². The van der Waals surface area contributed by atoms with Crippen LogP contribution in [0, 0.1) is 34.0 Å². The summed E-state index contributed by atoms with van der Waals surface area (Å²) in [5.41, 5.74) is 97.5. The molecule has 0 unspecified atom stereocenters. The molecule has 40 N–H and O–H groups in total. The second-order valence-electron chi connectivity index (χ2n) is 30.0. The second kappa shape index (κ2) is 36.6. The van der Waals surface area contributed by atoms with Crippen molar-refractivity contribution in [2.75, 3.05) is 108 Å². The summed E-state index contributed by atoms with van der Waals surface area (Å²) in [6.07, 6.45) is -8.51. The largest absolute Gasteiger partial charge is 0.394 e. The number of aliphatic hydroxyl groups excluding tert-OH is 12. The van der Waals surface area contributed by atoms with Crippen LogP contribution in [-0.4, -0.2) is 314 Å². The molecule has 12 aromatic heterocycles. The van der Waals surface area contributed by atoms with E-state index in [-0.39, 0.29) is 95.1 Å². The fourth-order valence-electron chi connectivity index (χ4n) is 15.1. The van der Waals surface area contributed by atoms with Gasteiger partial charge in [-0.25, -0.2) is 29.9 Å². The van der Waals surface area contributed by atoms with Gasteiger partial charge < -0.3 is 170 Å². The number of aromatic nitrogens is 24. The number of nitrogens with zero attached hydrogens (tertiary/aromatic N) is 32. The minimum atomic E-state index is -1.38. The first-order chi connectivity index (χ1) is 61.3. The summed E-state index contributed by atoms with van der Waals surface area (Å²) in [5, 5.41) is 142. The van der Waals surface area contributed by atoms with Crippen LogP contribution in [0.1, 0.15) is 58.1 Å². The highest BCUT2D eigenvalue weighted by Gasteiger charge is 2.57. The Morgan fingerprint density at radius 1 is 0.388 bits per heavy atom. The van der Waals surface area contributed by atoms with E-state index in [0.717, 1.165) is 0 Å². The van der Waals surface area contributed by atoms with Gasteiger partial charge in [-0.1, -0.05) is 10.2 Å². The zero-order valence-electron chi connectivity index (χ0n) is 67.5. The number of hydrogen-bond acceptors (Lipinski definition) is 54. The maximum atomic E-state index is 10.3. The summed E-state index contributed by atoms with van der Waals surface area (Å²) in [6, 6.07) is 2.32. The van der Waals surface area contributed by atoms with Crippen molar-refractivity contribution in [3.8, 4) is 12.1 Å². The summed E-state index contributed by atoms with van der Waals surface area (Å²) in [4.78, 5) is 77.3. The van der Waals surface area contributed by atoms with Crippen molar-refractivity contribution >= 4 is 138 Å². The fourth-order valence-corrected chi connectivity index (χ4v) is 15.1. The van der Waals surface area contributed by atoms with Gasteiger partial charge in [0.15, 0.2) is 99.9 Å². The third-order valence-electron chi connectivity index (χ3n) is 21.8. The highest BCUT2D eigenvalue weighted by Crippen LogP contribution is 2.48. The van der Waals surface area contributed by atoms with E-state index in [1.807, 2.05) is 12.1 Å². The molecule has 18 rings (SSSR count). The van der Waals surface area contributed by atoms with Gasteiger partial charge in [-0.15, -0.1) is 0 Å². The average molecular weight is 1800 g/mol. The Morgan fingerprint density at radius 3 is 1.05 bits per heavy atom. The lowest BCUT2D eigenvalue weighted by Crippen LogP contribution is -2.52. The van der Waals surface area contributed by atoms with Crippen molar-refractivity contribution < 1.29 is 89.7 Å². The molecule has 6 saturated heterocycles. The van der Waals surface area contributed by atoms with Crippen LogP contribution < -0.4 is 80.3 Å². The molecule has 64 nitrogen and oxygen atoms in total. The predicted molar refractivity (Wildman–Crippen MR) is 441 cm³/mol. The highest BCUT2D eigenvalue weighted by molar-refractivity contribution is 5.87. The van der Waals surface area contributed by atoms with E-state index in [2.05, 4.69) is 110 Å². The lowest BCUT2D eigenvalue weighted by molar-refractivity contribution is -0.0469. The number of fused-ring (bicyclic) bond motifs is 6. The van der Waals surface area contributed by atoms with Gasteiger partial charge >= 0.3 is 0 Å². The summed E-state index contributed by atoms with van der Waals surface area (Å²) in [5.74, 6) is -0.354. The summed E-state index contributed by atoms with van der Waals surface area (Å²) < 4.78 is 42.3. The number of azide groups is 2. The van der Waals surface area contributed by atoms with Gasteiger partial charge in [-0.05, 0) is 31.8 Å². The molecule has 6 aliphatic heterocycles. The monoisotopic (exact) mass is 1800 g/mol. The van der Waals surface area contributed by atoms with Crippen LogP contribution in [0.3, 0.4) is 0 Å². The Morgan fingerprint density at radius 2 is 0.690 bits per heavy atom. The van der Waals surface area contributed by atoms with Gasteiger partial charge in [0.25, 0.3) is 0 Å². The second-order valence-corrected chi connectivity index (χ2v) is 30.0. The molecule has 6 fully saturated rings. The van der Waals surface area contributed by atoms with Gasteiger partial charge in [0.05, 0.1) is 114 Å². The third-order valence-corrected chi connectivity index (χ3v) is 21.8. The standard InChI is InChI=1S/C12H15N7O3.C11H15N9O3.C11H17N7O3.C11H13N7O3.C10H13N9O3.C10H15N7O3/c1-12(3-13)7(21)5(2-20)22-10(12)19-4-16-6-8(14)17-11(15)18-9(6)19;1-11(18-19-14)6(22)4(2-21)23-9(11)20-3-15-5-7(12)16-10(13)17-8(5)20;1-11(14)6(20)4(2-19)21-9(11)18-3-15-5-7(12)16-10(13)17-8(5)18;12-1-4-7(20)5(2-19)21-10(4)18-3-15-6-8(13)16-11(14)17-9(6)18;11-7-5-8(16-10(12)15-7)19(2-14-5)9-4(17-18-13)6(21)3(1-20)22-9;11-4-6(19)3(1-18)20-9(4)17-2-14-5-7(12)15-10(13)16-8(5)17/h4-5,7,10,20-21H,2H2,1H3,(H4,14,15,17,18);3-4,6,9,21-22H,2H2,1H3,(H4,12,13,16,17);3-4,6,9,19-20H,2,14H2,1H3,(H4,12,13,16,17);3-5,7,10,19-20H,2H2,(H4,13,14,16,17);2-4,6,9,20-21H,1H2,(H4,11,12,15,16);2-4,6,9,18-19H,1,11H2,(H4,12,13,15,16)/t5-,7-,10-,12-;2*4-,6-,9-,11-;4-,5-,7+,10-;2*3-,4-,6-,9-/m111111/s1. The van der Waals surface area contributed by atoms with E-state index in [9.17, 15) is 66.7 Å². The van der Waals surface area contributed by atoms with E-state index >= 15 is 0 Å². The maximum absolute atomic E-state index is 10.3. The number of aliphatic hydroxyl groups is 12. The van der Waals surface area contributed by atoms with Crippen molar-refractivity contribution in [1.82, 2.24) is 117 Å². The Bertz CT molecular complexity index is 6310. The molecule has 64 heteroatoms. The molecule has 0 aromatic carbocycles. The topological polar surface area (TPSA) is 1070 Å². The van der Waals surface area contributed by atoms with Crippen molar-refractivity contribution in [3.63, 3.8) is 0 Å². The molecule has 129 heavy (non-hydrogen) atoms. The Hall–Kier alpha value is -14.3. The zero-order chi connectivity index (χ0) is 93.6. The SMILES string of the molecule is C[C@@]1(C#N)[C@H](O)[C@@H](CO)O[C@H]1n1cnc2c(N)nc(N)nc21.C[C@@]1(N)[C@H](O)[C@@H](CO)O[C@H]1n1cnc2c(N)nc(N)nc21.C[C@@]1(N=[N+]=[N-])[C@H](O)[C@@H](CO)O[C@H]1n1cnc2c(N)nc(N)nc21.N#C[C@@H]1[C@H](O)[C@@H](CO)O[C@H]1n1cnc2c(N)nc(N)nc21.Nc1nc(N)c2ncn([C@@H]3O[C@H](CO)[C@@H](O)[C@H]3N)c2n1.[N-]=[N+]=N[C@@H]1[C@H](O)[C@@H](CO)O[C@H]1n1cnc2c(N)nc(N)nc21. The fraction of sp³-hybridized carbons (Fsp3) is 0.508. The molecule has 6 aliphatic rings. The molecule has 24 atom stereocenters. The molecular weight excluding hydrogens is 1710 g/mol. The highest BCUT2D eigenvalue weighted by atomic mass is 16.6. The molecule has 686 valence electrons. The molecule has 0 bridgehead atoms. The maximum Gasteiger partial charge on any atom is 0.224 e. The van der Waals surface area contributed by atoms with Gasteiger partial charge in [0, 0.05) is 9.82 Å². The van der Waals surface area contributed by atoms with Crippen LogP contribution in [0.4, 0.5) is 70.6 Å². The molecular formula is C65H88N46O18. The van der Waals surface area contributed by atoms with Crippen LogP contribution in [-0.2, 0) is 28.4 Å². The van der Waals surface area contributed by atoms with E-state index in [0.29, 0.717) is 55.7 Å². The number of rotatable bonds is 14. The zero-order valence-corrected chi connectivity index (χ0v) is 67.5. The summed E-state index contributed by atoms with van der Waals surface area (Å²) >= 11 is 0. The van der Waals surface area contributed by atoms with Gasteiger partial charge in [0.1, 0.15) is 123 Å². The Kier molecular flexibility index (Phi) is 26.2. The number of nitriles is 2. The molecule has 0 aliphatic carbocycles. The van der Waals surface area contributed by atoms with Crippen LogP contribution in [0.15, 0.2) is 48.2 Å². The molecule has 0 amide bonds. The molecule has 12 aromatic rings.